The van der Waals surface area contributed by atoms with Crippen molar-refractivity contribution in [3.8, 4) is 0 Å². The van der Waals surface area contributed by atoms with Crippen molar-refractivity contribution < 1.29 is 24.2 Å². The highest BCUT2D eigenvalue weighted by molar-refractivity contribution is 6.01. The van der Waals surface area contributed by atoms with Crippen LogP contribution >= 0.6 is 0 Å². The lowest BCUT2D eigenvalue weighted by Crippen LogP contribution is -2.56. The van der Waals surface area contributed by atoms with E-state index in [1.807, 2.05) is 20.2 Å². The van der Waals surface area contributed by atoms with E-state index in [-0.39, 0.29) is 40.8 Å². The second-order valence-corrected chi connectivity index (χ2v) is 10.2. The van der Waals surface area contributed by atoms with E-state index in [0.29, 0.717) is 18.3 Å². The molecule has 0 aromatic rings. The fourth-order valence-corrected chi connectivity index (χ4v) is 7.13. The highest BCUT2D eigenvalue weighted by Crippen LogP contribution is 2.66. The molecule has 7 atom stereocenters. The minimum atomic E-state index is -0.514. The minimum Gasteiger partial charge on any atom is -0.458 e. The molecule has 3 saturated carbocycles. The largest absolute Gasteiger partial charge is 0.458 e. The average Bonchev–Trinajstić information content (AvgIpc) is 3.03. The molecule has 0 aromatic heterocycles. The first-order valence-corrected chi connectivity index (χ1v) is 11.4. The van der Waals surface area contributed by atoms with Gasteiger partial charge < -0.3 is 15.2 Å². The zero-order valence-electron chi connectivity index (χ0n) is 19.4. The summed E-state index contributed by atoms with van der Waals surface area (Å²) in [5.74, 6) is 0.208. The van der Waals surface area contributed by atoms with E-state index in [1.165, 1.54) is 6.92 Å². The maximum Gasteiger partial charge on any atom is 0.303 e. The molecule has 0 aromatic carbocycles. The summed E-state index contributed by atoms with van der Waals surface area (Å²) in [4.78, 5) is 35.8. The van der Waals surface area contributed by atoms with Crippen LogP contribution in [0.5, 0.6) is 0 Å². The molecular weight excluding hydrogens is 394 g/mol. The molecule has 4 aliphatic rings. The van der Waals surface area contributed by atoms with Crippen molar-refractivity contribution in [2.45, 2.75) is 59.0 Å². The van der Waals surface area contributed by atoms with E-state index >= 15 is 0 Å². The number of ketones is 2. The molecule has 2 N–H and O–H groups in total. The molecule has 0 aliphatic heterocycles. The maximum absolute atomic E-state index is 12.8. The third-order valence-electron chi connectivity index (χ3n) is 8.30. The van der Waals surface area contributed by atoms with E-state index in [0.717, 1.165) is 31.3 Å². The molecule has 6 heteroatoms. The number of fused-ring (bicyclic) bond motifs is 5. The molecule has 0 bridgehead atoms. The van der Waals surface area contributed by atoms with Crippen molar-refractivity contribution in [3.63, 3.8) is 0 Å². The Morgan fingerprint density at radius 2 is 1.90 bits per heavy atom. The third-order valence-corrected chi connectivity index (χ3v) is 8.30. The number of aliphatic hydroxyl groups excluding tert-OH is 1. The van der Waals surface area contributed by atoms with E-state index in [2.05, 4.69) is 19.2 Å². The van der Waals surface area contributed by atoms with Crippen LogP contribution in [0.4, 0.5) is 0 Å². The number of Topliss-reactive ketones (excluding diaryl/α,β-unsaturated/α-hetero) is 1. The number of carbonyl (C=O) groups is 3. The number of hydrogen-bond acceptors (Lipinski definition) is 6. The Balaban J connectivity index is 0.000000858. The molecule has 0 saturated heterocycles. The molecule has 3 fully saturated rings. The van der Waals surface area contributed by atoms with Crippen LogP contribution in [0.2, 0.25) is 0 Å². The summed E-state index contributed by atoms with van der Waals surface area (Å²) in [5, 5.41) is 14.0. The molecule has 4 aliphatic carbocycles. The van der Waals surface area contributed by atoms with Gasteiger partial charge in [-0.15, -0.1) is 0 Å². The quantitative estimate of drug-likeness (QED) is 0.668. The van der Waals surface area contributed by atoms with E-state index in [4.69, 9.17) is 4.74 Å². The lowest BCUT2D eigenvalue weighted by Gasteiger charge is -2.58. The van der Waals surface area contributed by atoms with Gasteiger partial charge in [-0.05, 0) is 75.6 Å². The Morgan fingerprint density at radius 3 is 2.55 bits per heavy atom. The zero-order chi connectivity index (χ0) is 23.0. The van der Waals surface area contributed by atoms with Crippen molar-refractivity contribution in [2.24, 2.45) is 34.5 Å². The molecule has 31 heavy (non-hydrogen) atoms. The summed E-state index contributed by atoms with van der Waals surface area (Å²) in [7, 11) is 3.75. The number of esters is 1. The standard InChI is InChI=1S/C23H30O5.C2H7N/c1-13(24)28-12-20(27)18-7-6-17-16-5-4-14-10-15(25)8-9-22(14,2)21(16)19(26)11-23(17,18)3;1-3-2/h8-10,16-19,21,26H,4-7,11-12H2,1-3H3;3H,1-2H3/t16-,17?,18?,19-,21?,22-,23-;/m0./s1. The fourth-order valence-electron chi connectivity index (χ4n) is 7.13. The highest BCUT2D eigenvalue weighted by atomic mass is 16.5. The van der Waals surface area contributed by atoms with Gasteiger partial charge >= 0.3 is 5.97 Å². The average molecular weight is 432 g/mol. The normalized spacial score (nSPS) is 40.5. The molecule has 0 radical (unpaired) electrons. The van der Waals surface area contributed by atoms with Crippen LogP contribution in [0.1, 0.15) is 52.9 Å². The number of hydrogen-bond donors (Lipinski definition) is 2. The SMILES string of the molecule is CC(=O)OCC(=O)C1CCC2[C@@H]3CCC4=CC(=O)C=C[C@]4(C)C3[C@@H](O)C[C@]12C.CNC. The lowest BCUT2D eigenvalue weighted by molar-refractivity contribution is -0.152. The van der Waals surface area contributed by atoms with Crippen LogP contribution in [-0.4, -0.2) is 49.4 Å². The van der Waals surface area contributed by atoms with Gasteiger partial charge in [0.25, 0.3) is 0 Å². The first-order chi connectivity index (χ1) is 14.6. The van der Waals surface area contributed by atoms with Gasteiger partial charge in [-0.1, -0.05) is 25.5 Å². The Hall–Kier alpha value is -1.79. The number of rotatable bonds is 3. The van der Waals surface area contributed by atoms with Crippen molar-refractivity contribution in [1.82, 2.24) is 5.32 Å². The maximum atomic E-state index is 12.8. The molecule has 6 nitrogen and oxygen atoms in total. The highest BCUT2D eigenvalue weighted by Gasteiger charge is 2.62. The summed E-state index contributed by atoms with van der Waals surface area (Å²) in [5.41, 5.74) is 0.602. The van der Waals surface area contributed by atoms with Crippen molar-refractivity contribution in [2.75, 3.05) is 20.7 Å². The van der Waals surface area contributed by atoms with Crippen LogP contribution < -0.4 is 5.32 Å². The summed E-state index contributed by atoms with van der Waals surface area (Å²) in [6.07, 6.45) is 9.08. The smallest absolute Gasteiger partial charge is 0.303 e. The summed E-state index contributed by atoms with van der Waals surface area (Å²) < 4.78 is 4.97. The summed E-state index contributed by atoms with van der Waals surface area (Å²) in [6, 6.07) is 0. The zero-order valence-corrected chi connectivity index (χ0v) is 19.4. The Bertz CT molecular complexity index is 802. The Kier molecular flexibility index (Phi) is 6.92. The molecule has 0 spiro atoms. The van der Waals surface area contributed by atoms with E-state index < -0.39 is 12.1 Å². The van der Waals surface area contributed by atoms with Gasteiger partial charge in [-0.2, -0.15) is 0 Å². The first kappa shape index (κ1) is 23.9. The van der Waals surface area contributed by atoms with Gasteiger partial charge in [0.2, 0.25) is 0 Å². The second kappa shape index (κ2) is 8.99. The fraction of sp³-hybridized carbons (Fsp3) is 0.720. The van der Waals surface area contributed by atoms with Gasteiger partial charge in [0.15, 0.2) is 11.6 Å². The van der Waals surface area contributed by atoms with E-state index in [9.17, 15) is 19.5 Å². The molecule has 0 amide bonds. The Labute approximate surface area is 185 Å². The number of nitrogens with one attached hydrogen (secondary N) is 1. The first-order valence-electron chi connectivity index (χ1n) is 11.4. The molecule has 4 rings (SSSR count). The molecule has 0 heterocycles. The number of allylic oxidation sites excluding steroid dienone is 4. The van der Waals surface area contributed by atoms with E-state index in [1.54, 1.807) is 12.2 Å². The van der Waals surface area contributed by atoms with Gasteiger partial charge in [0.05, 0.1) is 6.10 Å². The van der Waals surface area contributed by atoms with Gasteiger partial charge in [0.1, 0.15) is 6.61 Å². The molecular formula is C25H37NO5. The summed E-state index contributed by atoms with van der Waals surface area (Å²) >= 11 is 0. The minimum absolute atomic E-state index is 0.0170. The predicted molar refractivity (Wildman–Crippen MR) is 118 cm³/mol. The lowest BCUT2D eigenvalue weighted by atomic mass is 9.46. The van der Waals surface area contributed by atoms with Crippen LogP contribution in [0.15, 0.2) is 23.8 Å². The summed E-state index contributed by atoms with van der Waals surface area (Å²) in [6.45, 7) is 5.46. The predicted octanol–water partition coefficient (Wildman–Crippen LogP) is 2.85. The Morgan fingerprint density at radius 1 is 1.23 bits per heavy atom. The third kappa shape index (κ3) is 4.17. The van der Waals surface area contributed by atoms with Crippen LogP contribution in [-0.2, 0) is 19.1 Å². The van der Waals surface area contributed by atoms with Crippen molar-refractivity contribution in [3.05, 3.63) is 23.8 Å². The topological polar surface area (TPSA) is 92.7 Å². The second-order valence-electron chi connectivity index (χ2n) is 10.2. The number of aliphatic hydroxyl groups is 1. The number of carbonyl (C=O) groups excluding carboxylic acids is 3. The van der Waals surface area contributed by atoms with Crippen LogP contribution in [0, 0.1) is 34.5 Å². The van der Waals surface area contributed by atoms with Crippen LogP contribution in [0.25, 0.3) is 0 Å². The molecule has 3 unspecified atom stereocenters. The molecule has 172 valence electrons. The van der Waals surface area contributed by atoms with Gasteiger partial charge in [0, 0.05) is 24.2 Å². The van der Waals surface area contributed by atoms with Gasteiger partial charge in [-0.25, -0.2) is 0 Å². The van der Waals surface area contributed by atoms with Crippen LogP contribution in [0.3, 0.4) is 0 Å². The number of ether oxygens (including phenoxy) is 1. The van der Waals surface area contributed by atoms with Gasteiger partial charge in [-0.3, -0.25) is 14.4 Å². The monoisotopic (exact) mass is 431 g/mol. The van der Waals surface area contributed by atoms with Crippen molar-refractivity contribution in [1.29, 1.82) is 0 Å². The van der Waals surface area contributed by atoms with Crippen molar-refractivity contribution >= 4 is 17.5 Å².